The van der Waals surface area contributed by atoms with E-state index < -0.39 is 28.9 Å². The molecule has 3 rings (SSSR count). The van der Waals surface area contributed by atoms with Crippen molar-refractivity contribution in [2.75, 3.05) is 0 Å². The molecule has 0 amide bonds. The van der Waals surface area contributed by atoms with Gasteiger partial charge >= 0.3 is 6.18 Å². The van der Waals surface area contributed by atoms with Gasteiger partial charge in [0.25, 0.3) is 5.56 Å². The van der Waals surface area contributed by atoms with Crippen molar-refractivity contribution in [3.8, 4) is 16.9 Å². The first kappa shape index (κ1) is 21.8. The van der Waals surface area contributed by atoms with Gasteiger partial charge in [-0.15, -0.1) is 0 Å². The molecule has 0 unspecified atom stereocenters. The van der Waals surface area contributed by atoms with Gasteiger partial charge in [0.2, 0.25) is 0 Å². The van der Waals surface area contributed by atoms with Crippen LogP contribution < -0.4 is 5.56 Å². The van der Waals surface area contributed by atoms with Gasteiger partial charge in [0.1, 0.15) is 11.5 Å². The normalized spacial score (nSPS) is 11.7. The van der Waals surface area contributed by atoms with E-state index in [4.69, 9.17) is 11.6 Å². The lowest BCUT2D eigenvalue weighted by Crippen LogP contribution is -2.23. The van der Waals surface area contributed by atoms with E-state index in [0.29, 0.717) is 0 Å². The van der Waals surface area contributed by atoms with Crippen molar-refractivity contribution in [3.63, 3.8) is 0 Å². The molecule has 0 aliphatic rings. The average Bonchev–Trinajstić information content (AvgIpc) is 2.68. The molecule has 0 saturated heterocycles. The van der Waals surface area contributed by atoms with Crippen LogP contribution in [0, 0.1) is 12.7 Å². The predicted octanol–water partition coefficient (Wildman–Crippen LogP) is 5.06. The summed E-state index contributed by atoms with van der Waals surface area (Å²) < 4.78 is 55.6. The molecule has 158 valence electrons. The molecule has 0 atom stereocenters. The third-order valence-electron chi connectivity index (χ3n) is 4.81. The summed E-state index contributed by atoms with van der Waals surface area (Å²) in [6.07, 6.45) is -4.72. The number of rotatable bonds is 4. The molecule has 0 saturated carbocycles. The van der Waals surface area contributed by atoms with Crippen LogP contribution in [0.25, 0.3) is 11.1 Å². The van der Waals surface area contributed by atoms with Crippen LogP contribution in [-0.4, -0.2) is 14.9 Å². The second kappa shape index (κ2) is 8.10. The summed E-state index contributed by atoms with van der Waals surface area (Å²) in [5, 5.41) is 14.3. The zero-order valence-corrected chi connectivity index (χ0v) is 16.8. The van der Waals surface area contributed by atoms with Gasteiger partial charge in [0, 0.05) is 17.6 Å². The first-order chi connectivity index (χ1) is 14.0. The Morgan fingerprint density at radius 1 is 1.10 bits per heavy atom. The summed E-state index contributed by atoms with van der Waals surface area (Å²) in [4.78, 5) is 12.6. The molecular weight excluding hydrogens is 424 g/mol. The highest BCUT2D eigenvalue weighted by Crippen LogP contribution is 2.37. The number of halogens is 5. The van der Waals surface area contributed by atoms with E-state index in [0.717, 1.165) is 16.8 Å². The smallest absolute Gasteiger partial charge is 0.416 e. The molecule has 1 N–H and O–H groups in total. The first-order valence-corrected chi connectivity index (χ1v) is 9.29. The maximum Gasteiger partial charge on any atom is 0.416 e. The average molecular weight is 441 g/mol. The Morgan fingerprint density at radius 2 is 1.77 bits per heavy atom. The molecule has 3 aromatic rings. The van der Waals surface area contributed by atoms with Crippen molar-refractivity contribution < 1.29 is 22.7 Å². The van der Waals surface area contributed by atoms with Crippen LogP contribution >= 0.6 is 11.6 Å². The highest BCUT2D eigenvalue weighted by Gasteiger charge is 2.33. The number of aromatic hydroxyl groups is 1. The zero-order valence-electron chi connectivity index (χ0n) is 16.0. The Balaban J connectivity index is 2.15. The van der Waals surface area contributed by atoms with Gasteiger partial charge in [-0.3, -0.25) is 4.79 Å². The number of benzene rings is 2. The fraction of sp³-hybridized carbons (Fsp3) is 0.238. The minimum Gasteiger partial charge on any atom is -0.505 e. The van der Waals surface area contributed by atoms with E-state index in [9.17, 15) is 27.5 Å². The lowest BCUT2D eigenvalue weighted by atomic mass is 9.93. The predicted molar refractivity (Wildman–Crippen MR) is 105 cm³/mol. The summed E-state index contributed by atoms with van der Waals surface area (Å²) in [6.45, 7) is 1.44. The van der Waals surface area contributed by atoms with E-state index in [-0.39, 0.29) is 45.8 Å². The van der Waals surface area contributed by atoms with E-state index in [2.05, 4.69) is 5.10 Å². The Kier molecular flexibility index (Phi) is 5.90. The number of hydrogen-bond acceptors (Lipinski definition) is 3. The third kappa shape index (κ3) is 4.05. The first-order valence-electron chi connectivity index (χ1n) is 8.91. The number of hydrogen-bond donors (Lipinski definition) is 1. The molecule has 9 heteroatoms. The molecular formula is C21H17ClF4N2O2. The quantitative estimate of drug-likeness (QED) is 0.577. The summed E-state index contributed by atoms with van der Waals surface area (Å²) in [5.74, 6) is -1.33. The maximum absolute atomic E-state index is 14.8. The molecule has 0 bridgehead atoms. The minimum atomic E-state index is -4.54. The van der Waals surface area contributed by atoms with Crippen molar-refractivity contribution in [1.82, 2.24) is 9.78 Å². The van der Waals surface area contributed by atoms with Gasteiger partial charge in [-0.1, -0.05) is 29.8 Å². The summed E-state index contributed by atoms with van der Waals surface area (Å²) >= 11 is 6.24. The second-order valence-electron chi connectivity index (χ2n) is 6.78. The van der Waals surface area contributed by atoms with Crippen LogP contribution in [-0.2, 0) is 26.1 Å². The molecule has 0 fully saturated rings. The molecule has 0 spiro atoms. The highest BCUT2D eigenvalue weighted by atomic mass is 35.5. The summed E-state index contributed by atoms with van der Waals surface area (Å²) in [7, 11) is 1.35. The highest BCUT2D eigenvalue weighted by molar-refractivity contribution is 6.31. The van der Waals surface area contributed by atoms with E-state index in [1.165, 1.54) is 38.2 Å². The number of aryl methyl sites for hydroxylation is 3. The van der Waals surface area contributed by atoms with Gasteiger partial charge in [-0.05, 0) is 49.1 Å². The van der Waals surface area contributed by atoms with Crippen LogP contribution in [0.2, 0.25) is 5.02 Å². The summed E-state index contributed by atoms with van der Waals surface area (Å²) in [6, 6.07) is 7.38. The van der Waals surface area contributed by atoms with Crippen LogP contribution in [0.3, 0.4) is 0 Å². The van der Waals surface area contributed by atoms with Crippen LogP contribution in [0.15, 0.2) is 41.2 Å². The number of aromatic nitrogens is 2. The van der Waals surface area contributed by atoms with Gasteiger partial charge in [-0.25, -0.2) is 9.07 Å². The SMILES string of the molecule is Cc1nn(C)c(=O)c(-c2c(F)ccc(Cl)c2CCc2ccccc2C(F)(F)F)c1O. The Hall–Kier alpha value is -2.87. The van der Waals surface area contributed by atoms with Crippen molar-refractivity contribution in [1.29, 1.82) is 0 Å². The van der Waals surface area contributed by atoms with Crippen LogP contribution in [0.5, 0.6) is 5.75 Å². The van der Waals surface area contributed by atoms with Crippen LogP contribution in [0.1, 0.15) is 22.4 Å². The number of nitrogens with zero attached hydrogens (tertiary/aromatic N) is 2. The zero-order chi connectivity index (χ0) is 22.2. The molecule has 2 aromatic carbocycles. The largest absolute Gasteiger partial charge is 0.505 e. The third-order valence-corrected chi connectivity index (χ3v) is 5.16. The Morgan fingerprint density at radius 3 is 2.43 bits per heavy atom. The molecule has 0 radical (unpaired) electrons. The molecule has 0 aliphatic heterocycles. The van der Waals surface area contributed by atoms with Crippen molar-refractivity contribution in [3.05, 3.63) is 80.0 Å². The molecule has 1 aromatic heterocycles. The Labute approximate surface area is 174 Å². The van der Waals surface area contributed by atoms with Crippen molar-refractivity contribution >= 4 is 11.6 Å². The molecule has 1 heterocycles. The van der Waals surface area contributed by atoms with E-state index >= 15 is 0 Å². The molecule has 30 heavy (non-hydrogen) atoms. The fourth-order valence-corrected chi connectivity index (χ4v) is 3.62. The lowest BCUT2D eigenvalue weighted by molar-refractivity contribution is -0.138. The Bertz CT molecular complexity index is 1170. The summed E-state index contributed by atoms with van der Waals surface area (Å²) in [5.41, 5.74) is -1.88. The van der Waals surface area contributed by atoms with Gasteiger partial charge in [0.15, 0.2) is 5.75 Å². The van der Waals surface area contributed by atoms with Crippen LogP contribution in [0.4, 0.5) is 17.6 Å². The van der Waals surface area contributed by atoms with Gasteiger partial charge in [0.05, 0.1) is 11.1 Å². The lowest BCUT2D eigenvalue weighted by Gasteiger charge is -2.17. The number of alkyl halides is 3. The molecule has 0 aliphatic carbocycles. The standard InChI is InChI=1S/C21H17ClF4N2O2/c1-11-19(29)18(20(30)28(2)27-11)17-13(15(22)9-10-16(17)23)8-7-12-5-3-4-6-14(12)21(24,25)26/h3-6,9-10,29H,7-8H2,1-2H3. The minimum absolute atomic E-state index is 0.0133. The maximum atomic E-state index is 14.8. The van der Waals surface area contributed by atoms with E-state index in [1.807, 2.05) is 0 Å². The fourth-order valence-electron chi connectivity index (χ4n) is 3.37. The second-order valence-corrected chi connectivity index (χ2v) is 7.18. The topological polar surface area (TPSA) is 55.1 Å². The molecule has 4 nitrogen and oxygen atoms in total. The monoisotopic (exact) mass is 440 g/mol. The van der Waals surface area contributed by atoms with Crippen molar-refractivity contribution in [2.24, 2.45) is 7.05 Å². The van der Waals surface area contributed by atoms with Crippen molar-refractivity contribution in [2.45, 2.75) is 25.9 Å². The van der Waals surface area contributed by atoms with Gasteiger partial charge in [-0.2, -0.15) is 18.3 Å². The van der Waals surface area contributed by atoms with E-state index in [1.54, 1.807) is 0 Å². The van der Waals surface area contributed by atoms with Gasteiger partial charge < -0.3 is 5.11 Å².